The molecule has 1 aromatic carbocycles. The van der Waals surface area contributed by atoms with Crippen molar-refractivity contribution in [3.05, 3.63) is 23.8 Å². The van der Waals surface area contributed by atoms with Crippen molar-refractivity contribution in [3.8, 4) is 11.5 Å². The standard InChI is InChI=1S/C21H32F2N4O3/c1-3-24-21(25-11-7-13-27-12-6-4-5-8-19(27)28)26-15-16-9-10-17(29-2)14-18(16)30-20(22)23/h9-10,14,20H,3-8,11-13,15H2,1-2H3,(H2,24,25,26). The highest BCUT2D eigenvalue weighted by Gasteiger charge is 2.16. The number of alkyl halides is 2. The summed E-state index contributed by atoms with van der Waals surface area (Å²) in [5.41, 5.74) is 0.531. The summed E-state index contributed by atoms with van der Waals surface area (Å²) in [5, 5.41) is 6.37. The van der Waals surface area contributed by atoms with Crippen LogP contribution in [0.5, 0.6) is 11.5 Å². The van der Waals surface area contributed by atoms with Gasteiger partial charge in [-0.3, -0.25) is 4.79 Å². The molecule has 2 N–H and O–H groups in total. The van der Waals surface area contributed by atoms with Gasteiger partial charge in [-0.1, -0.05) is 6.42 Å². The van der Waals surface area contributed by atoms with Crippen molar-refractivity contribution in [2.75, 3.05) is 33.3 Å². The number of aliphatic imine (C=N–C) groups is 1. The molecule has 1 aromatic rings. The Hall–Kier alpha value is -2.58. The summed E-state index contributed by atoms with van der Waals surface area (Å²) in [6.45, 7) is 2.07. The Balaban J connectivity index is 1.91. The first-order valence-corrected chi connectivity index (χ1v) is 10.4. The van der Waals surface area contributed by atoms with E-state index in [2.05, 4.69) is 20.4 Å². The summed E-state index contributed by atoms with van der Waals surface area (Å²) < 4.78 is 35.1. The van der Waals surface area contributed by atoms with Crippen LogP contribution in [0.4, 0.5) is 8.78 Å². The molecule has 1 aliphatic rings. The van der Waals surface area contributed by atoms with Crippen LogP contribution in [0, 0.1) is 0 Å². The first-order chi connectivity index (χ1) is 14.5. The summed E-state index contributed by atoms with van der Waals surface area (Å²) in [5.74, 6) is 1.30. The third-order valence-corrected chi connectivity index (χ3v) is 4.81. The molecular formula is C21H32F2N4O3. The molecule has 1 amide bonds. The van der Waals surface area contributed by atoms with Crippen molar-refractivity contribution in [3.63, 3.8) is 0 Å². The zero-order valence-corrected chi connectivity index (χ0v) is 17.8. The van der Waals surface area contributed by atoms with Crippen molar-refractivity contribution < 1.29 is 23.0 Å². The molecule has 1 saturated heterocycles. The molecule has 0 unspecified atom stereocenters. The van der Waals surface area contributed by atoms with Gasteiger partial charge in [0.1, 0.15) is 11.5 Å². The molecule has 1 aliphatic heterocycles. The van der Waals surface area contributed by atoms with Crippen molar-refractivity contribution in [1.29, 1.82) is 0 Å². The van der Waals surface area contributed by atoms with Crippen molar-refractivity contribution in [1.82, 2.24) is 15.5 Å². The molecule has 1 heterocycles. The first kappa shape index (κ1) is 23.7. The van der Waals surface area contributed by atoms with Crippen LogP contribution in [-0.2, 0) is 11.3 Å². The maximum atomic E-state index is 12.7. The number of amides is 1. The zero-order valence-electron chi connectivity index (χ0n) is 17.8. The Morgan fingerprint density at radius 1 is 1.27 bits per heavy atom. The van der Waals surface area contributed by atoms with Gasteiger partial charge in [0, 0.05) is 44.2 Å². The summed E-state index contributed by atoms with van der Waals surface area (Å²) in [7, 11) is 1.46. The van der Waals surface area contributed by atoms with E-state index in [1.807, 2.05) is 11.8 Å². The number of ether oxygens (including phenoxy) is 2. The molecule has 168 valence electrons. The zero-order chi connectivity index (χ0) is 21.8. The molecule has 1 fully saturated rings. The molecule has 0 aliphatic carbocycles. The summed E-state index contributed by atoms with van der Waals surface area (Å²) in [6.07, 6.45) is 4.60. The second-order valence-electron chi connectivity index (χ2n) is 7.02. The number of benzene rings is 1. The lowest BCUT2D eigenvalue weighted by atomic mass is 10.2. The number of nitrogens with zero attached hydrogens (tertiary/aromatic N) is 2. The number of likely N-dealkylation sites (tertiary alicyclic amines) is 1. The van der Waals surface area contributed by atoms with Gasteiger partial charge >= 0.3 is 6.61 Å². The van der Waals surface area contributed by atoms with Crippen LogP contribution in [0.2, 0.25) is 0 Å². The van der Waals surface area contributed by atoms with Crippen LogP contribution < -0.4 is 20.1 Å². The minimum absolute atomic E-state index is 0.0450. The second-order valence-corrected chi connectivity index (χ2v) is 7.02. The number of nitrogens with one attached hydrogen (secondary N) is 2. The third-order valence-electron chi connectivity index (χ3n) is 4.81. The molecule has 0 spiro atoms. The van der Waals surface area contributed by atoms with Crippen molar-refractivity contribution in [2.45, 2.75) is 52.2 Å². The molecule has 0 atom stereocenters. The summed E-state index contributed by atoms with van der Waals surface area (Å²) in [6, 6.07) is 4.77. The number of carbonyl (C=O) groups is 1. The van der Waals surface area contributed by atoms with Gasteiger partial charge in [-0.2, -0.15) is 8.78 Å². The molecule has 0 saturated carbocycles. The lowest BCUT2D eigenvalue weighted by Crippen LogP contribution is -2.39. The largest absolute Gasteiger partial charge is 0.497 e. The third kappa shape index (κ3) is 8.04. The molecule has 0 radical (unpaired) electrons. The van der Waals surface area contributed by atoms with E-state index in [0.717, 1.165) is 38.8 Å². The van der Waals surface area contributed by atoms with E-state index < -0.39 is 6.61 Å². The predicted molar refractivity (Wildman–Crippen MR) is 112 cm³/mol. The average molecular weight is 427 g/mol. The molecule has 0 bridgehead atoms. The van der Waals surface area contributed by atoms with E-state index in [1.54, 1.807) is 12.1 Å². The Labute approximate surface area is 176 Å². The van der Waals surface area contributed by atoms with E-state index in [4.69, 9.17) is 4.74 Å². The number of halogens is 2. The fraction of sp³-hybridized carbons (Fsp3) is 0.619. The number of guanidine groups is 1. The monoisotopic (exact) mass is 426 g/mol. The summed E-state index contributed by atoms with van der Waals surface area (Å²) in [4.78, 5) is 18.5. The summed E-state index contributed by atoms with van der Waals surface area (Å²) >= 11 is 0. The van der Waals surface area contributed by atoms with Crippen LogP contribution in [0.1, 0.15) is 44.6 Å². The molecule has 7 nitrogen and oxygen atoms in total. The van der Waals surface area contributed by atoms with Crippen LogP contribution in [0.3, 0.4) is 0 Å². The quantitative estimate of drug-likeness (QED) is 0.342. The maximum Gasteiger partial charge on any atom is 0.387 e. The second kappa shape index (κ2) is 12.9. The minimum atomic E-state index is -2.92. The Bertz CT molecular complexity index is 701. The fourth-order valence-corrected chi connectivity index (χ4v) is 3.26. The Morgan fingerprint density at radius 3 is 2.83 bits per heavy atom. The van der Waals surface area contributed by atoms with Gasteiger partial charge in [0.15, 0.2) is 5.96 Å². The highest BCUT2D eigenvalue weighted by Crippen LogP contribution is 2.27. The van der Waals surface area contributed by atoms with Crippen molar-refractivity contribution >= 4 is 11.9 Å². The van der Waals surface area contributed by atoms with Crippen LogP contribution in [-0.4, -0.2) is 56.7 Å². The minimum Gasteiger partial charge on any atom is -0.497 e. The molecule has 0 aromatic heterocycles. The maximum absolute atomic E-state index is 12.7. The van der Waals surface area contributed by atoms with E-state index in [9.17, 15) is 13.6 Å². The smallest absolute Gasteiger partial charge is 0.387 e. The lowest BCUT2D eigenvalue weighted by Gasteiger charge is -2.20. The normalized spacial score (nSPS) is 15.2. The van der Waals surface area contributed by atoms with E-state index in [-0.39, 0.29) is 18.2 Å². The fourth-order valence-electron chi connectivity index (χ4n) is 3.26. The number of methoxy groups -OCH3 is 1. The highest BCUT2D eigenvalue weighted by atomic mass is 19.3. The van der Waals surface area contributed by atoms with Gasteiger partial charge in [0.25, 0.3) is 0 Å². The lowest BCUT2D eigenvalue weighted by molar-refractivity contribution is -0.130. The molecule has 2 rings (SSSR count). The average Bonchev–Trinajstić information content (AvgIpc) is 2.93. The highest BCUT2D eigenvalue weighted by molar-refractivity contribution is 5.79. The van der Waals surface area contributed by atoms with E-state index in [1.165, 1.54) is 13.2 Å². The number of carbonyl (C=O) groups excluding carboxylic acids is 1. The Kier molecular flexibility index (Phi) is 10.2. The Morgan fingerprint density at radius 2 is 2.10 bits per heavy atom. The van der Waals surface area contributed by atoms with Gasteiger partial charge < -0.3 is 25.0 Å². The van der Waals surface area contributed by atoms with Gasteiger partial charge in [0.2, 0.25) is 5.91 Å². The SMILES string of the molecule is CCNC(=NCc1ccc(OC)cc1OC(F)F)NCCCN1CCCCCC1=O. The molecule has 30 heavy (non-hydrogen) atoms. The first-order valence-electron chi connectivity index (χ1n) is 10.4. The van der Waals surface area contributed by atoms with Crippen LogP contribution in [0.15, 0.2) is 23.2 Å². The number of hydrogen-bond donors (Lipinski definition) is 2. The van der Waals surface area contributed by atoms with E-state index >= 15 is 0 Å². The van der Waals surface area contributed by atoms with Crippen molar-refractivity contribution in [2.24, 2.45) is 4.99 Å². The van der Waals surface area contributed by atoms with Crippen LogP contribution in [0.25, 0.3) is 0 Å². The number of hydrogen-bond acceptors (Lipinski definition) is 4. The topological polar surface area (TPSA) is 75.2 Å². The predicted octanol–water partition coefficient (Wildman–Crippen LogP) is 3.14. The van der Waals surface area contributed by atoms with Gasteiger partial charge in [-0.25, -0.2) is 4.99 Å². The van der Waals surface area contributed by atoms with Crippen LogP contribution >= 0.6 is 0 Å². The van der Waals surface area contributed by atoms with Gasteiger partial charge in [0.05, 0.1) is 13.7 Å². The number of rotatable bonds is 10. The van der Waals surface area contributed by atoms with E-state index in [0.29, 0.717) is 36.8 Å². The van der Waals surface area contributed by atoms with Gasteiger partial charge in [-0.05, 0) is 38.3 Å². The molecular weight excluding hydrogens is 394 g/mol. The molecule has 9 heteroatoms. The van der Waals surface area contributed by atoms with Gasteiger partial charge in [-0.15, -0.1) is 0 Å².